The van der Waals surface area contributed by atoms with Gasteiger partial charge in [-0.1, -0.05) is 35.9 Å². The van der Waals surface area contributed by atoms with Gasteiger partial charge in [0.15, 0.2) is 0 Å². The van der Waals surface area contributed by atoms with Crippen LogP contribution in [0.2, 0.25) is 5.02 Å². The van der Waals surface area contributed by atoms with E-state index in [1.54, 1.807) is 25.6 Å². The lowest BCUT2D eigenvalue weighted by atomic mass is 10.0. The van der Waals surface area contributed by atoms with E-state index in [2.05, 4.69) is 30.8 Å². The largest absolute Gasteiger partial charge is 0.481 e. The molecule has 12 heteroatoms. The predicted molar refractivity (Wildman–Crippen MR) is 180 cm³/mol. The molecule has 6 rings (SSSR count). The second-order valence-corrected chi connectivity index (χ2v) is 12.4. The van der Waals surface area contributed by atoms with Gasteiger partial charge in [0.05, 0.1) is 23.5 Å². The Kier molecular flexibility index (Phi) is 10.1. The summed E-state index contributed by atoms with van der Waals surface area (Å²) < 4.78 is 5.61. The van der Waals surface area contributed by atoms with Crippen molar-refractivity contribution in [3.8, 4) is 28.4 Å². The first-order valence-electron chi connectivity index (χ1n) is 15.7. The number of aromatic nitrogens is 3. The van der Waals surface area contributed by atoms with E-state index in [0.717, 1.165) is 48.3 Å². The van der Waals surface area contributed by atoms with Gasteiger partial charge in [-0.15, -0.1) is 0 Å². The number of rotatable bonds is 12. The van der Waals surface area contributed by atoms with E-state index in [1.807, 2.05) is 49.4 Å². The van der Waals surface area contributed by atoms with Gasteiger partial charge in [0.25, 0.3) is 5.91 Å². The van der Waals surface area contributed by atoms with Crippen molar-refractivity contribution >= 4 is 29.1 Å². The summed E-state index contributed by atoms with van der Waals surface area (Å²) >= 11 is 6.99. The number of anilines is 1. The summed E-state index contributed by atoms with van der Waals surface area (Å²) in [5.41, 5.74) is 6.36. The van der Waals surface area contributed by atoms with Gasteiger partial charge in [-0.25, -0.2) is 4.98 Å². The van der Waals surface area contributed by atoms with E-state index >= 15 is 0 Å². The number of hydrogen-bond acceptors (Lipinski definition) is 9. The Morgan fingerprint density at radius 3 is 2.70 bits per heavy atom. The van der Waals surface area contributed by atoms with Gasteiger partial charge < -0.3 is 25.8 Å². The highest BCUT2D eigenvalue weighted by Crippen LogP contribution is 2.38. The topological polar surface area (TPSA) is 142 Å². The zero-order valence-electron chi connectivity index (χ0n) is 26.4. The lowest BCUT2D eigenvalue weighted by Crippen LogP contribution is -2.47. The molecule has 0 bridgehead atoms. The number of amides is 2. The minimum absolute atomic E-state index is 0.0935. The highest BCUT2D eigenvalue weighted by Gasteiger charge is 2.26. The third-order valence-electron chi connectivity index (χ3n) is 8.68. The van der Waals surface area contributed by atoms with Crippen molar-refractivity contribution in [3.05, 3.63) is 88.3 Å². The number of carbonyl (C=O) groups is 2. The van der Waals surface area contributed by atoms with Crippen molar-refractivity contribution in [3.63, 3.8) is 0 Å². The van der Waals surface area contributed by atoms with Crippen LogP contribution in [0.15, 0.2) is 60.9 Å². The molecule has 4 N–H and O–H groups in total. The molecule has 1 atom stereocenters. The predicted octanol–water partition coefficient (Wildman–Crippen LogP) is 4.22. The SMILES string of the molecule is COc1nc(-c2ccnc(-c3cccc(NC(=O)c4ccc(CN5CC(CO)C5)cn4)c3C)c2Cl)ccc1CNCC1CCC(=O)N1. The van der Waals surface area contributed by atoms with Crippen LogP contribution in [0, 0.1) is 12.8 Å². The molecule has 2 amide bonds. The third-order valence-corrected chi connectivity index (χ3v) is 9.06. The van der Waals surface area contributed by atoms with Crippen LogP contribution in [0.1, 0.15) is 40.0 Å². The maximum atomic E-state index is 13.1. The van der Waals surface area contributed by atoms with Gasteiger partial charge in [-0.05, 0) is 48.7 Å². The Bertz CT molecular complexity index is 1760. The molecule has 0 saturated carbocycles. The number of carbonyl (C=O) groups excluding carboxylic acids is 2. The summed E-state index contributed by atoms with van der Waals surface area (Å²) in [6.07, 6.45) is 4.81. The Morgan fingerprint density at radius 1 is 1.13 bits per heavy atom. The molecule has 4 aromatic rings. The van der Waals surface area contributed by atoms with Crippen LogP contribution < -0.4 is 20.7 Å². The molecule has 3 aromatic heterocycles. The van der Waals surface area contributed by atoms with Crippen LogP contribution in [0.4, 0.5) is 5.69 Å². The summed E-state index contributed by atoms with van der Waals surface area (Å²) in [6, 6.07) is 15.1. The molecule has 0 aliphatic carbocycles. The highest BCUT2D eigenvalue weighted by molar-refractivity contribution is 6.35. The first-order valence-corrected chi connectivity index (χ1v) is 16.1. The number of benzene rings is 1. The molecule has 1 aromatic carbocycles. The summed E-state index contributed by atoms with van der Waals surface area (Å²) in [6.45, 7) is 5.82. The van der Waals surface area contributed by atoms with Gasteiger partial charge in [-0.3, -0.25) is 24.5 Å². The Balaban J connectivity index is 1.15. The summed E-state index contributed by atoms with van der Waals surface area (Å²) in [5.74, 6) is 0.612. The smallest absolute Gasteiger partial charge is 0.274 e. The van der Waals surface area contributed by atoms with Gasteiger partial charge in [0.1, 0.15) is 5.69 Å². The fraction of sp³-hybridized carbons (Fsp3) is 0.343. The Labute approximate surface area is 278 Å². The number of ether oxygens (including phenoxy) is 1. The summed E-state index contributed by atoms with van der Waals surface area (Å²) in [4.78, 5) is 40.6. The van der Waals surface area contributed by atoms with Crippen LogP contribution in [0.5, 0.6) is 5.88 Å². The molecule has 0 spiro atoms. The second kappa shape index (κ2) is 14.6. The maximum Gasteiger partial charge on any atom is 0.274 e. The normalized spacial score (nSPS) is 16.5. The summed E-state index contributed by atoms with van der Waals surface area (Å²) in [7, 11) is 1.58. The quantitative estimate of drug-likeness (QED) is 0.177. The minimum atomic E-state index is -0.312. The van der Waals surface area contributed by atoms with Crippen LogP contribution in [0.3, 0.4) is 0 Å². The minimum Gasteiger partial charge on any atom is -0.481 e. The van der Waals surface area contributed by atoms with Gasteiger partial charge in [0.2, 0.25) is 11.8 Å². The molecule has 2 aliphatic heterocycles. The van der Waals surface area contributed by atoms with Crippen molar-refractivity contribution in [2.24, 2.45) is 5.92 Å². The highest BCUT2D eigenvalue weighted by atomic mass is 35.5. The van der Waals surface area contributed by atoms with Crippen molar-refractivity contribution in [1.82, 2.24) is 30.5 Å². The number of pyridine rings is 3. The molecule has 2 fully saturated rings. The monoisotopic (exact) mass is 655 g/mol. The van der Waals surface area contributed by atoms with Crippen LogP contribution >= 0.6 is 11.6 Å². The lowest BCUT2D eigenvalue weighted by Gasteiger charge is -2.38. The number of halogens is 1. The molecule has 5 heterocycles. The average Bonchev–Trinajstić information content (AvgIpc) is 3.48. The average molecular weight is 656 g/mol. The van der Waals surface area contributed by atoms with Crippen LogP contribution in [-0.2, 0) is 17.9 Å². The zero-order chi connectivity index (χ0) is 32.9. The van der Waals surface area contributed by atoms with E-state index < -0.39 is 0 Å². The fourth-order valence-electron chi connectivity index (χ4n) is 6.02. The number of nitrogens with zero attached hydrogens (tertiary/aromatic N) is 4. The third kappa shape index (κ3) is 7.44. The molecular formula is C35H38ClN7O4. The first kappa shape index (κ1) is 32.5. The fourth-order valence-corrected chi connectivity index (χ4v) is 6.33. The van der Waals surface area contributed by atoms with Gasteiger partial charge >= 0.3 is 0 Å². The number of likely N-dealkylation sites (tertiary alicyclic amines) is 1. The van der Waals surface area contributed by atoms with Crippen molar-refractivity contribution in [1.29, 1.82) is 0 Å². The molecule has 1 unspecified atom stereocenters. The van der Waals surface area contributed by atoms with Gasteiger partial charge in [-0.2, -0.15) is 0 Å². The van der Waals surface area contributed by atoms with E-state index in [0.29, 0.717) is 64.7 Å². The molecule has 2 saturated heterocycles. The molecule has 47 heavy (non-hydrogen) atoms. The molecule has 2 aliphatic rings. The zero-order valence-corrected chi connectivity index (χ0v) is 27.2. The molecule has 244 valence electrons. The Morgan fingerprint density at radius 2 is 1.98 bits per heavy atom. The van der Waals surface area contributed by atoms with Crippen LogP contribution in [0.25, 0.3) is 22.5 Å². The van der Waals surface area contributed by atoms with Crippen molar-refractivity contribution in [2.75, 3.05) is 38.7 Å². The molecular weight excluding hydrogens is 618 g/mol. The van der Waals surface area contributed by atoms with E-state index in [-0.39, 0.29) is 24.5 Å². The molecule has 11 nitrogen and oxygen atoms in total. The standard InChI is InChI=1S/C35H38ClN7O4/c1-21-26(4-3-5-28(21)41-34(46)30-9-6-22(14-39-30)17-43-18-23(19-43)20-44)33-32(36)27(12-13-38-33)29-10-7-24(35(42-29)47-2)15-37-16-25-8-11-31(45)40-25/h3-7,9-10,12-14,23,25,37,44H,8,11,15-20H2,1-2H3,(H,40,45)(H,41,46). The second-order valence-electron chi connectivity index (χ2n) is 12.0. The number of aliphatic hydroxyl groups excluding tert-OH is 1. The maximum absolute atomic E-state index is 13.1. The number of hydrogen-bond donors (Lipinski definition) is 4. The van der Waals surface area contributed by atoms with E-state index in [4.69, 9.17) is 21.3 Å². The number of methoxy groups -OCH3 is 1. The van der Waals surface area contributed by atoms with Gasteiger partial charge in [0, 0.05) is 92.5 Å². The summed E-state index contributed by atoms with van der Waals surface area (Å²) in [5, 5.41) is 19.0. The number of nitrogens with one attached hydrogen (secondary N) is 3. The van der Waals surface area contributed by atoms with E-state index in [9.17, 15) is 14.7 Å². The van der Waals surface area contributed by atoms with Crippen molar-refractivity contribution < 1.29 is 19.4 Å². The van der Waals surface area contributed by atoms with E-state index in [1.165, 1.54) is 0 Å². The van der Waals surface area contributed by atoms with Crippen LogP contribution in [-0.4, -0.2) is 76.2 Å². The Hall–Kier alpha value is -4.42. The molecule has 0 radical (unpaired) electrons. The first-order chi connectivity index (χ1) is 22.8. The lowest BCUT2D eigenvalue weighted by molar-refractivity contribution is -0.119. The number of aliphatic hydroxyl groups is 1. The van der Waals surface area contributed by atoms with Crippen molar-refractivity contribution in [2.45, 2.75) is 38.9 Å².